The minimum absolute atomic E-state index is 0.308. The SMILES string of the molecule is NCCN1C(=O)CC1C1CCCC1. The molecule has 3 nitrogen and oxygen atoms in total. The molecule has 1 heterocycles. The summed E-state index contributed by atoms with van der Waals surface area (Å²) < 4.78 is 0. The van der Waals surface area contributed by atoms with E-state index >= 15 is 0 Å². The van der Waals surface area contributed by atoms with E-state index in [1.807, 2.05) is 4.90 Å². The van der Waals surface area contributed by atoms with Crippen molar-refractivity contribution in [2.24, 2.45) is 11.7 Å². The van der Waals surface area contributed by atoms with E-state index in [1.54, 1.807) is 0 Å². The van der Waals surface area contributed by atoms with Crippen molar-refractivity contribution >= 4 is 5.91 Å². The van der Waals surface area contributed by atoms with E-state index in [2.05, 4.69) is 0 Å². The maximum atomic E-state index is 11.3. The normalized spacial score (nSPS) is 29.5. The highest BCUT2D eigenvalue weighted by Crippen LogP contribution is 2.36. The molecule has 13 heavy (non-hydrogen) atoms. The lowest BCUT2D eigenvalue weighted by Crippen LogP contribution is -2.57. The molecule has 1 saturated heterocycles. The summed E-state index contributed by atoms with van der Waals surface area (Å²) >= 11 is 0. The van der Waals surface area contributed by atoms with Crippen LogP contribution in [0.5, 0.6) is 0 Å². The number of β-lactam (4-membered cyclic amide) rings is 1. The molecule has 2 rings (SSSR count). The fourth-order valence-electron chi connectivity index (χ4n) is 2.67. The van der Waals surface area contributed by atoms with Gasteiger partial charge in [-0.05, 0) is 18.8 Å². The molecule has 1 amide bonds. The van der Waals surface area contributed by atoms with Crippen molar-refractivity contribution < 1.29 is 4.79 Å². The zero-order chi connectivity index (χ0) is 9.26. The molecule has 2 fully saturated rings. The van der Waals surface area contributed by atoms with Gasteiger partial charge in [-0.2, -0.15) is 0 Å². The number of carbonyl (C=O) groups is 1. The summed E-state index contributed by atoms with van der Waals surface area (Å²) in [6.45, 7) is 1.37. The van der Waals surface area contributed by atoms with Crippen LogP contribution in [0.2, 0.25) is 0 Å². The van der Waals surface area contributed by atoms with E-state index in [0.717, 1.165) is 18.9 Å². The molecule has 1 aliphatic carbocycles. The van der Waals surface area contributed by atoms with Gasteiger partial charge in [0.15, 0.2) is 0 Å². The van der Waals surface area contributed by atoms with Gasteiger partial charge in [0.1, 0.15) is 0 Å². The number of hydrogen-bond donors (Lipinski definition) is 1. The Morgan fingerprint density at radius 3 is 2.62 bits per heavy atom. The molecule has 1 saturated carbocycles. The maximum absolute atomic E-state index is 11.3. The topological polar surface area (TPSA) is 46.3 Å². The highest BCUT2D eigenvalue weighted by molar-refractivity contribution is 5.83. The van der Waals surface area contributed by atoms with Gasteiger partial charge in [-0.1, -0.05) is 12.8 Å². The minimum Gasteiger partial charge on any atom is -0.338 e. The zero-order valence-electron chi connectivity index (χ0n) is 8.04. The Hall–Kier alpha value is -0.570. The second kappa shape index (κ2) is 3.66. The molecule has 0 aromatic heterocycles. The van der Waals surface area contributed by atoms with E-state index in [4.69, 9.17) is 5.73 Å². The molecular formula is C10H18N2O. The van der Waals surface area contributed by atoms with Crippen LogP contribution in [-0.4, -0.2) is 29.9 Å². The van der Waals surface area contributed by atoms with Crippen LogP contribution in [0.25, 0.3) is 0 Å². The highest BCUT2D eigenvalue weighted by Gasteiger charge is 2.41. The number of hydrogen-bond acceptors (Lipinski definition) is 2. The Morgan fingerprint density at radius 2 is 2.08 bits per heavy atom. The first-order valence-electron chi connectivity index (χ1n) is 5.32. The maximum Gasteiger partial charge on any atom is 0.224 e. The average Bonchev–Trinajstić information content (AvgIpc) is 2.62. The lowest BCUT2D eigenvalue weighted by molar-refractivity contribution is -0.148. The fraction of sp³-hybridized carbons (Fsp3) is 0.900. The van der Waals surface area contributed by atoms with Crippen LogP contribution in [0, 0.1) is 5.92 Å². The van der Waals surface area contributed by atoms with Gasteiger partial charge in [0.25, 0.3) is 0 Å². The molecule has 1 unspecified atom stereocenters. The third-order valence-corrected chi connectivity index (χ3v) is 3.42. The molecule has 0 spiro atoms. The van der Waals surface area contributed by atoms with Crippen LogP contribution >= 0.6 is 0 Å². The Labute approximate surface area is 79.3 Å². The summed E-state index contributed by atoms with van der Waals surface area (Å²) in [6.07, 6.45) is 6.13. The molecule has 1 aliphatic heterocycles. The van der Waals surface area contributed by atoms with Crippen molar-refractivity contribution in [3.8, 4) is 0 Å². The van der Waals surface area contributed by atoms with E-state index in [-0.39, 0.29) is 0 Å². The van der Waals surface area contributed by atoms with Crippen LogP contribution in [-0.2, 0) is 4.79 Å². The minimum atomic E-state index is 0.308. The van der Waals surface area contributed by atoms with Crippen LogP contribution in [0.1, 0.15) is 32.1 Å². The van der Waals surface area contributed by atoms with Gasteiger partial charge in [-0.3, -0.25) is 4.79 Å². The van der Waals surface area contributed by atoms with Crippen molar-refractivity contribution in [2.45, 2.75) is 38.1 Å². The first-order chi connectivity index (χ1) is 6.33. The molecule has 2 aliphatic rings. The smallest absolute Gasteiger partial charge is 0.224 e. The van der Waals surface area contributed by atoms with Crippen molar-refractivity contribution in [3.63, 3.8) is 0 Å². The average molecular weight is 182 g/mol. The molecule has 0 bridgehead atoms. The van der Waals surface area contributed by atoms with Gasteiger partial charge in [-0.25, -0.2) is 0 Å². The molecule has 0 aromatic rings. The number of amides is 1. The van der Waals surface area contributed by atoms with Gasteiger partial charge in [-0.15, -0.1) is 0 Å². The van der Waals surface area contributed by atoms with Gasteiger partial charge in [0, 0.05) is 25.6 Å². The molecule has 3 heteroatoms. The van der Waals surface area contributed by atoms with Gasteiger partial charge >= 0.3 is 0 Å². The molecule has 0 radical (unpaired) electrons. The summed E-state index contributed by atoms with van der Waals surface area (Å²) in [6, 6.07) is 0.540. The van der Waals surface area contributed by atoms with E-state index < -0.39 is 0 Å². The highest BCUT2D eigenvalue weighted by atomic mass is 16.2. The van der Waals surface area contributed by atoms with Crippen molar-refractivity contribution in [1.29, 1.82) is 0 Å². The Morgan fingerprint density at radius 1 is 1.38 bits per heavy atom. The second-order valence-electron chi connectivity index (χ2n) is 4.19. The summed E-state index contributed by atoms with van der Waals surface area (Å²) in [5.74, 6) is 1.09. The van der Waals surface area contributed by atoms with Crippen LogP contribution in [0.3, 0.4) is 0 Å². The molecular weight excluding hydrogens is 164 g/mol. The number of carbonyl (C=O) groups excluding carboxylic acids is 1. The third kappa shape index (κ3) is 1.57. The van der Waals surface area contributed by atoms with Gasteiger partial charge < -0.3 is 10.6 Å². The predicted molar refractivity (Wildman–Crippen MR) is 51.1 cm³/mol. The summed E-state index contributed by atoms with van der Waals surface area (Å²) in [5, 5.41) is 0. The van der Waals surface area contributed by atoms with E-state index in [0.29, 0.717) is 18.5 Å². The number of nitrogens with zero attached hydrogens (tertiary/aromatic N) is 1. The Bertz CT molecular complexity index is 199. The van der Waals surface area contributed by atoms with E-state index in [1.165, 1.54) is 25.7 Å². The monoisotopic (exact) mass is 182 g/mol. The number of nitrogens with two attached hydrogens (primary N) is 1. The standard InChI is InChI=1S/C10H18N2O/c11-5-6-12-9(7-10(12)13)8-3-1-2-4-8/h8-9H,1-7,11H2. The summed E-state index contributed by atoms with van der Waals surface area (Å²) in [4.78, 5) is 13.2. The van der Waals surface area contributed by atoms with Crippen molar-refractivity contribution in [3.05, 3.63) is 0 Å². The quantitative estimate of drug-likeness (QED) is 0.654. The number of rotatable bonds is 3. The molecule has 0 aromatic carbocycles. The van der Waals surface area contributed by atoms with Crippen molar-refractivity contribution in [2.75, 3.05) is 13.1 Å². The predicted octanol–water partition coefficient (Wildman–Crippen LogP) is 0.736. The van der Waals surface area contributed by atoms with E-state index in [9.17, 15) is 4.79 Å². The molecule has 2 N–H and O–H groups in total. The lowest BCUT2D eigenvalue weighted by atomic mass is 9.87. The summed E-state index contributed by atoms with van der Waals surface area (Å²) in [5.41, 5.74) is 5.47. The molecule has 74 valence electrons. The Kier molecular flexibility index (Phi) is 2.54. The largest absolute Gasteiger partial charge is 0.338 e. The zero-order valence-corrected chi connectivity index (χ0v) is 8.04. The van der Waals surface area contributed by atoms with Gasteiger partial charge in [0.2, 0.25) is 5.91 Å². The van der Waals surface area contributed by atoms with Crippen LogP contribution < -0.4 is 5.73 Å². The molecule has 1 atom stereocenters. The van der Waals surface area contributed by atoms with Crippen molar-refractivity contribution in [1.82, 2.24) is 4.90 Å². The fourth-order valence-corrected chi connectivity index (χ4v) is 2.67. The Balaban J connectivity index is 1.89. The third-order valence-electron chi connectivity index (χ3n) is 3.42. The number of likely N-dealkylation sites (tertiary alicyclic amines) is 1. The second-order valence-corrected chi connectivity index (χ2v) is 4.19. The lowest BCUT2D eigenvalue weighted by Gasteiger charge is -2.43. The summed E-state index contributed by atoms with van der Waals surface area (Å²) in [7, 11) is 0. The van der Waals surface area contributed by atoms with Crippen LogP contribution in [0.4, 0.5) is 0 Å². The van der Waals surface area contributed by atoms with Gasteiger partial charge in [0.05, 0.1) is 0 Å². The van der Waals surface area contributed by atoms with Crippen LogP contribution in [0.15, 0.2) is 0 Å². The first kappa shape index (κ1) is 9.00. The first-order valence-corrected chi connectivity index (χ1v) is 5.32.